The third kappa shape index (κ3) is 3.33. The third-order valence-electron chi connectivity index (χ3n) is 2.79. The molecule has 0 radical (unpaired) electrons. The maximum Gasteiger partial charge on any atom is 0.165 e. The van der Waals surface area contributed by atoms with Crippen LogP contribution in [0.3, 0.4) is 0 Å². The zero-order valence-corrected chi connectivity index (χ0v) is 10.5. The topological polar surface area (TPSA) is 9.23 Å². The number of rotatable bonds is 5. The summed E-state index contributed by atoms with van der Waals surface area (Å²) in [6, 6.07) is 14.4. The summed E-state index contributed by atoms with van der Waals surface area (Å²) in [6.07, 6.45) is 3.20. The van der Waals surface area contributed by atoms with Gasteiger partial charge in [0, 0.05) is 0 Å². The van der Waals surface area contributed by atoms with E-state index in [1.54, 1.807) is 6.07 Å². The van der Waals surface area contributed by atoms with E-state index in [9.17, 15) is 4.39 Å². The predicted octanol–water partition coefficient (Wildman–Crippen LogP) is 4.96. The van der Waals surface area contributed by atoms with Crippen LogP contribution in [0.4, 0.5) is 4.39 Å². The monoisotopic (exact) mass is 244 g/mol. The lowest BCUT2D eigenvalue weighted by Gasteiger charge is -2.08. The number of benzene rings is 2. The van der Waals surface area contributed by atoms with E-state index in [1.807, 2.05) is 36.4 Å². The Labute approximate surface area is 107 Å². The molecule has 2 aromatic rings. The van der Waals surface area contributed by atoms with E-state index in [4.69, 9.17) is 4.74 Å². The van der Waals surface area contributed by atoms with Crippen molar-refractivity contribution in [2.24, 2.45) is 0 Å². The molecule has 0 unspecified atom stereocenters. The minimum atomic E-state index is -0.320. The second-order valence-electron chi connectivity index (χ2n) is 4.28. The molecule has 2 heteroatoms. The van der Waals surface area contributed by atoms with Crippen LogP contribution < -0.4 is 4.74 Å². The molecule has 1 nitrogen and oxygen atoms in total. The van der Waals surface area contributed by atoms with Crippen molar-refractivity contribution < 1.29 is 9.13 Å². The summed E-state index contributed by atoms with van der Waals surface area (Å²) in [7, 11) is 0. The van der Waals surface area contributed by atoms with Gasteiger partial charge in [-0.2, -0.15) is 0 Å². The molecule has 0 aliphatic rings. The summed E-state index contributed by atoms with van der Waals surface area (Å²) in [6.45, 7) is 2.14. The lowest BCUT2D eigenvalue weighted by Crippen LogP contribution is -1.91. The average molecular weight is 244 g/mol. The SMILES string of the molecule is CCCCc1ccc(F)c(Oc2ccccc2)c1. The zero-order valence-electron chi connectivity index (χ0n) is 10.5. The first-order valence-corrected chi connectivity index (χ1v) is 6.31. The van der Waals surface area contributed by atoms with E-state index >= 15 is 0 Å². The van der Waals surface area contributed by atoms with Gasteiger partial charge in [-0.25, -0.2) is 4.39 Å². The standard InChI is InChI=1S/C16H17FO/c1-2-3-7-13-10-11-15(17)16(12-13)18-14-8-5-4-6-9-14/h4-6,8-12H,2-3,7H2,1H3. The van der Waals surface area contributed by atoms with E-state index in [2.05, 4.69) is 6.92 Å². The zero-order chi connectivity index (χ0) is 12.8. The molecule has 0 N–H and O–H groups in total. The maximum absolute atomic E-state index is 13.7. The summed E-state index contributed by atoms with van der Waals surface area (Å²) < 4.78 is 19.2. The van der Waals surface area contributed by atoms with Crippen LogP contribution >= 0.6 is 0 Å². The summed E-state index contributed by atoms with van der Waals surface area (Å²) in [5.41, 5.74) is 1.11. The van der Waals surface area contributed by atoms with Crippen LogP contribution in [0.25, 0.3) is 0 Å². The van der Waals surface area contributed by atoms with Gasteiger partial charge < -0.3 is 4.74 Å². The molecule has 0 heterocycles. The van der Waals surface area contributed by atoms with Gasteiger partial charge >= 0.3 is 0 Å². The van der Waals surface area contributed by atoms with E-state index in [1.165, 1.54) is 6.07 Å². The van der Waals surface area contributed by atoms with Crippen LogP contribution in [0, 0.1) is 5.82 Å². The molecule has 0 aliphatic carbocycles. The Morgan fingerprint density at radius 1 is 1.06 bits per heavy atom. The van der Waals surface area contributed by atoms with Gasteiger partial charge in [0.1, 0.15) is 5.75 Å². The van der Waals surface area contributed by atoms with Crippen molar-refractivity contribution in [1.29, 1.82) is 0 Å². The van der Waals surface area contributed by atoms with Crippen molar-refractivity contribution in [2.75, 3.05) is 0 Å². The molecule has 0 fully saturated rings. The van der Waals surface area contributed by atoms with Crippen LogP contribution in [0.2, 0.25) is 0 Å². The fourth-order valence-corrected chi connectivity index (χ4v) is 1.78. The molecule has 2 rings (SSSR count). The van der Waals surface area contributed by atoms with Gasteiger partial charge in [-0.15, -0.1) is 0 Å². The summed E-state index contributed by atoms with van der Waals surface area (Å²) in [5, 5.41) is 0. The van der Waals surface area contributed by atoms with E-state index < -0.39 is 0 Å². The van der Waals surface area contributed by atoms with Crippen molar-refractivity contribution in [3.05, 3.63) is 59.9 Å². The lowest BCUT2D eigenvalue weighted by atomic mass is 10.1. The van der Waals surface area contributed by atoms with Crippen molar-refractivity contribution in [2.45, 2.75) is 26.2 Å². The second kappa shape index (κ2) is 6.20. The molecule has 0 saturated heterocycles. The highest BCUT2D eigenvalue weighted by molar-refractivity contribution is 5.35. The number of unbranched alkanes of at least 4 members (excludes halogenated alkanes) is 1. The predicted molar refractivity (Wildman–Crippen MR) is 71.5 cm³/mol. The highest BCUT2D eigenvalue weighted by Crippen LogP contribution is 2.25. The number of para-hydroxylation sites is 1. The first-order chi connectivity index (χ1) is 8.79. The Morgan fingerprint density at radius 3 is 2.56 bits per heavy atom. The largest absolute Gasteiger partial charge is 0.454 e. The van der Waals surface area contributed by atoms with E-state index in [-0.39, 0.29) is 5.82 Å². The molecule has 2 aromatic carbocycles. The minimum absolute atomic E-state index is 0.301. The van der Waals surface area contributed by atoms with Gasteiger partial charge in [0.25, 0.3) is 0 Å². The highest BCUT2D eigenvalue weighted by Gasteiger charge is 2.06. The summed E-state index contributed by atoms with van der Waals surface area (Å²) in [5.74, 6) is 0.637. The first kappa shape index (κ1) is 12.6. The van der Waals surface area contributed by atoms with E-state index in [0.717, 1.165) is 24.8 Å². The molecule has 94 valence electrons. The van der Waals surface area contributed by atoms with Gasteiger partial charge in [-0.05, 0) is 42.7 Å². The van der Waals surface area contributed by atoms with Crippen LogP contribution in [-0.4, -0.2) is 0 Å². The smallest absolute Gasteiger partial charge is 0.165 e. The van der Waals surface area contributed by atoms with E-state index in [0.29, 0.717) is 11.5 Å². The van der Waals surface area contributed by atoms with Gasteiger partial charge in [0.05, 0.1) is 0 Å². The Kier molecular flexibility index (Phi) is 4.35. The Morgan fingerprint density at radius 2 is 1.83 bits per heavy atom. The van der Waals surface area contributed by atoms with Crippen LogP contribution in [0.1, 0.15) is 25.3 Å². The van der Waals surface area contributed by atoms with Crippen LogP contribution in [0.15, 0.2) is 48.5 Å². The summed E-state index contributed by atoms with van der Waals surface area (Å²) >= 11 is 0. The molecular formula is C16H17FO. The lowest BCUT2D eigenvalue weighted by molar-refractivity contribution is 0.441. The van der Waals surface area contributed by atoms with Crippen LogP contribution in [-0.2, 0) is 6.42 Å². The Balaban J connectivity index is 2.16. The molecule has 0 aromatic heterocycles. The van der Waals surface area contributed by atoms with Gasteiger partial charge in [-0.3, -0.25) is 0 Å². The first-order valence-electron chi connectivity index (χ1n) is 6.31. The second-order valence-corrected chi connectivity index (χ2v) is 4.28. The molecule has 0 amide bonds. The van der Waals surface area contributed by atoms with Crippen LogP contribution in [0.5, 0.6) is 11.5 Å². The van der Waals surface area contributed by atoms with Crippen molar-refractivity contribution in [3.8, 4) is 11.5 Å². The molecule has 0 aliphatic heterocycles. The third-order valence-corrected chi connectivity index (χ3v) is 2.79. The molecule has 0 spiro atoms. The van der Waals surface area contributed by atoms with Crippen molar-refractivity contribution >= 4 is 0 Å². The molecular weight excluding hydrogens is 227 g/mol. The fraction of sp³-hybridized carbons (Fsp3) is 0.250. The molecule has 0 atom stereocenters. The van der Waals surface area contributed by atoms with Gasteiger partial charge in [0.15, 0.2) is 11.6 Å². The van der Waals surface area contributed by atoms with Gasteiger partial charge in [0.2, 0.25) is 0 Å². The molecule has 0 saturated carbocycles. The molecule has 0 bridgehead atoms. The normalized spacial score (nSPS) is 10.3. The summed E-state index contributed by atoms with van der Waals surface area (Å²) in [4.78, 5) is 0. The highest BCUT2D eigenvalue weighted by atomic mass is 19.1. The van der Waals surface area contributed by atoms with Crippen molar-refractivity contribution in [1.82, 2.24) is 0 Å². The van der Waals surface area contributed by atoms with Gasteiger partial charge in [-0.1, -0.05) is 37.6 Å². The number of hydrogen-bond donors (Lipinski definition) is 0. The number of aryl methyl sites for hydroxylation is 1. The average Bonchev–Trinajstić information content (AvgIpc) is 2.41. The fourth-order valence-electron chi connectivity index (χ4n) is 1.78. The Hall–Kier alpha value is -1.83. The molecule has 18 heavy (non-hydrogen) atoms. The van der Waals surface area contributed by atoms with Crippen molar-refractivity contribution in [3.63, 3.8) is 0 Å². The maximum atomic E-state index is 13.7. The number of ether oxygens (including phenoxy) is 1. The Bertz CT molecular complexity index is 494. The number of hydrogen-bond acceptors (Lipinski definition) is 1. The number of halogens is 1. The minimum Gasteiger partial charge on any atom is -0.454 e. The quantitative estimate of drug-likeness (QED) is 0.722.